The van der Waals surface area contributed by atoms with Gasteiger partial charge in [-0.3, -0.25) is 0 Å². The summed E-state index contributed by atoms with van der Waals surface area (Å²) in [7, 11) is 0. The van der Waals surface area contributed by atoms with E-state index in [0.29, 0.717) is 0 Å². The van der Waals surface area contributed by atoms with E-state index in [2.05, 4.69) is 111 Å². The smallest absolute Gasteiger partial charge is 0.146 e. The first kappa shape index (κ1) is 42.9. The van der Waals surface area contributed by atoms with Crippen LogP contribution >= 0.6 is 114 Å². The third kappa shape index (κ3) is 9.30. The van der Waals surface area contributed by atoms with Crippen LogP contribution in [-0.4, -0.2) is 25.7 Å². The number of benzene rings is 1. The SMILES string of the molecule is CCCCCCOc1c2cc(-c3ccc(-c4ccc(-c5ccc(SC)s5)s4)s3)sc2c(OCCCCCC)c2cc(-c3ccc(-c4ccc(-c5ccc(SC)s5)s4)s3)sc12. The van der Waals surface area contributed by atoms with Crippen LogP contribution in [0.25, 0.3) is 78.7 Å². The molecule has 9 aromatic rings. The van der Waals surface area contributed by atoms with Gasteiger partial charge < -0.3 is 9.47 Å². The predicted octanol–water partition coefficient (Wildman–Crippen LogP) is 19.8. The minimum Gasteiger partial charge on any atom is -0.491 e. The summed E-state index contributed by atoms with van der Waals surface area (Å²) in [6, 6.07) is 32.2. The standard InChI is InChI=1S/C48H46O2S10/c1-5-7-9-11-25-49-45-29-27-41(39-19-17-33(55-39)31-13-15-35(53-31)37-21-23-43(51-3)57-37)60-48(29)46(50-26-12-10-8-6-2)30-28-42(59-47(30)45)40-20-18-34(56-40)32-14-16-36(54-32)38-22-24-44(52-4)58-38/h13-24,27-28H,5-12,25-26H2,1-4H3. The molecule has 8 aromatic heterocycles. The maximum Gasteiger partial charge on any atom is 0.146 e. The van der Waals surface area contributed by atoms with Crippen LogP contribution in [0, 0.1) is 0 Å². The lowest BCUT2D eigenvalue weighted by Gasteiger charge is -2.13. The van der Waals surface area contributed by atoms with Crippen LogP contribution < -0.4 is 9.47 Å². The van der Waals surface area contributed by atoms with Crippen molar-refractivity contribution in [3.63, 3.8) is 0 Å². The van der Waals surface area contributed by atoms with Crippen LogP contribution in [0.2, 0.25) is 0 Å². The van der Waals surface area contributed by atoms with Gasteiger partial charge in [0.1, 0.15) is 11.5 Å². The molecule has 60 heavy (non-hydrogen) atoms. The van der Waals surface area contributed by atoms with Gasteiger partial charge in [-0.2, -0.15) is 0 Å². The van der Waals surface area contributed by atoms with E-state index in [1.54, 1.807) is 0 Å². The zero-order chi connectivity index (χ0) is 41.0. The molecule has 9 rings (SSSR count). The number of unbranched alkanes of at least 4 members (excludes halogenated alkanes) is 6. The summed E-state index contributed by atoms with van der Waals surface area (Å²) >= 11 is 18.7. The van der Waals surface area contributed by atoms with Crippen molar-refractivity contribution in [2.75, 3.05) is 25.7 Å². The monoisotopic (exact) mass is 974 g/mol. The van der Waals surface area contributed by atoms with E-state index in [0.717, 1.165) is 37.6 Å². The first-order chi connectivity index (χ1) is 29.5. The highest BCUT2D eigenvalue weighted by molar-refractivity contribution is 8.00. The highest BCUT2D eigenvalue weighted by atomic mass is 32.2. The van der Waals surface area contributed by atoms with Gasteiger partial charge in [-0.25, -0.2) is 0 Å². The molecular weight excluding hydrogens is 929 g/mol. The number of hydrogen-bond acceptors (Lipinski definition) is 12. The van der Waals surface area contributed by atoms with Crippen molar-refractivity contribution in [3.8, 4) is 70.0 Å². The number of thioether (sulfide) groups is 2. The normalized spacial score (nSPS) is 11.8. The molecule has 0 saturated heterocycles. The molecule has 0 atom stereocenters. The Morgan fingerprint density at radius 2 is 0.683 bits per heavy atom. The molecule has 0 unspecified atom stereocenters. The van der Waals surface area contributed by atoms with E-state index in [4.69, 9.17) is 9.47 Å². The summed E-state index contributed by atoms with van der Waals surface area (Å²) < 4.78 is 19.0. The topological polar surface area (TPSA) is 18.5 Å². The largest absolute Gasteiger partial charge is 0.491 e. The van der Waals surface area contributed by atoms with Crippen LogP contribution in [0.15, 0.2) is 93.3 Å². The van der Waals surface area contributed by atoms with Gasteiger partial charge in [0.2, 0.25) is 0 Å². The Morgan fingerprint density at radius 1 is 0.367 bits per heavy atom. The summed E-state index contributed by atoms with van der Waals surface area (Å²) in [5.41, 5.74) is 0. The fourth-order valence-corrected chi connectivity index (χ4v) is 17.1. The molecule has 0 radical (unpaired) electrons. The van der Waals surface area contributed by atoms with Gasteiger partial charge in [0, 0.05) is 69.3 Å². The molecule has 310 valence electrons. The average molecular weight is 976 g/mol. The predicted molar refractivity (Wildman–Crippen MR) is 280 cm³/mol. The quantitative estimate of drug-likeness (QED) is 0.0559. The molecule has 0 spiro atoms. The molecule has 8 heterocycles. The Balaban J connectivity index is 1.08. The Hall–Kier alpha value is -2.36. The van der Waals surface area contributed by atoms with Crippen LogP contribution in [0.1, 0.15) is 65.2 Å². The fraction of sp³-hybridized carbons (Fsp3) is 0.292. The summed E-state index contributed by atoms with van der Waals surface area (Å²) in [6.07, 6.45) is 13.7. The highest BCUT2D eigenvalue weighted by Gasteiger charge is 2.24. The Morgan fingerprint density at radius 3 is 1.00 bits per heavy atom. The van der Waals surface area contributed by atoms with Gasteiger partial charge in [-0.05, 0) is 110 Å². The highest BCUT2D eigenvalue weighted by Crippen LogP contribution is 2.55. The van der Waals surface area contributed by atoms with E-state index in [1.165, 1.54) is 126 Å². The number of thiophene rings is 8. The lowest BCUT2D eigenvalue weighted by atomic mass is 10.1. The summed E-state index contributed by atoms with van der Waals surface area (Å²) in [5.74, 6) is 2.04. The third-order valence-corrected chi connectivity index (χ3v) is 22.4. The summed E-state index contributed by atoms with van der Waals surface area (Å²) in [4.78, 5) is 15.8. The third-order valence-electron chi connectivity index (χ3n) is 10.3. The van der Waals surface area contributed by atoms with Gasteiger partial charge in [0.05, 0.1) is 31.0 Å². The maximum absolute atomic E-state index is 6.92. The number of ether oxygens (including phenoxy) is 2. The lowest BCUT2D eigenvalue weighted by Crippen LogP contribution is -2.00. The Kier molecular flexibility index (Phi) is 14.3. The van der Waals surface area contributed by atoms with Crippen molar-refractivity contribution < 1.29 is 9.47 Å². The second-order valence-corrected chi connectivity index (χ2v) is 25.3. The summed E-state index contributed by atoms with van der Waals surface area (Å²) in [5, 5.41) is 2.36. The van der Waals surface area contributed by atoms with E-state index in [1.807, 2.05) is 114 Å². The fourth-order valence-electron chi connectivity index (χ4n) is 7.17. The molecule has 12 heteroatoms. The second-order valence-electron chi connectivity index (χ2n) is 14.5. The first-order valence-electron chi connectivity index (χ1n) is 20.5. The van der Waals surface area contributed by atoms with E-state index in [9.17, 15) is 0 Å². The number of fused-ring (bicyclic) bond motifs is 2. The van der Waals surface area contributed by atoms with Gasteiger partial charge in [0.25, 0.3) is 0 Å². The number of hydrogen-bond donors (Lipinski definition) is 0. The zero-order valence-electron chi connectivity index (χ0n) is 34.1. The number of rotatable bonds is 20. The van der Waals surface area contributed by atoms with Crippen LogP contribution in [0.3, 0.4) is 0 Å². The van der Waals surface area contributed by atoms with Gasteiger partial charge >= 0.3 is 0 Å². The molecule has 0 aliphatic rings. The van der Waals surface area contributed by atoms with Crippen molar-refractivity contribution in [1.82, 2.24) is 0 Å². The Bertz CT molecular complexity index is 2570. The molecule has 0 amide bonds. The van der Waals surface area contributed by atoms with Crippen molar-refractivity contribution in [2.24, 2.45) is 0 Å². The maximum atomic E-state index is 6.92. The molecule has 0 N–H and O–H groups in total. The van der Waals surface area contributed by atoms with Crippen LogP contribution in [-0.2, 0) is 0 Å². The second kappa shape index (κ2) is 20.0. The van der Waals surface area contributed by atoms with Crippen LogP contribution in [0.4, 0.5) is 0 Å². The first-order valence-corrected chi connectivity index (χ1v) is 29.5. The van der Waals surface area contributed by atoms with E-state index >= 15 is 0 Å². The lowest BCUT2D eigenvalue weighted by molar-refractivity contribution is 0.307. The molecule has 0 fully saturated rings. The average Bonchev–Trinajstić information content (AvgIpc) is 4.11. The van der Waals surface area contributed by atoms with E-state index < -0.39 is 0 Å². The summed E-state index contributed by atoms with van der Waals surface area (Å²) in [6.45, 7) is 5.98. The Labute approximate surface area is 394 Å². The van der Waals surface area contributed by atoms with Crippen molar-refractivity contribution in [1.29, 1.82) is 0 Å². The molecule has 1 aromatic carbocycles. The van der Waals surface area contributed by atoms with E-state index in [-0.39, 0.29) is 0 Å². The van der Waals surface area contributed by atoms with Crippen molar-refractivity contribution >= 4 is 134 Å². The van der Waals surface area contributed by atoms with Gasteiger partial charge in [-0.1, -0.05) is 52.4 Å². The molecule has 0 aliphatic carbocycles. The molecule has 0 saturated carbocycles. The van der Waals surface area contributed by atoms with Crippen LogP contribution in [0.5, 0.6) is 11.5 Å². The molecule has 2 nitrogen and oxygen atoms in total. The van der Waals surface area contributed by atoms with Crippen molar-refractivity contribution in [3.05, 3.63) is 84.9 Å². The zero-order valence-corrected chi connectivity index (χ0v) is 42.2. The minimum absolute atomic E-state index is 0.721. The molecule has 0 aliphatic heterocycles. The van der Waals surface area contributed by atoms with Gasteiger partial charge in [0.15, 0.2) is 0 Å². The minimum atomic E-state index is 0.721. The van der Waals surface area contributed by atoms with Gasteiger partial charge in [-0.15, -0.1) is 114 Å². The van der Waals surface area contributed by atoms with Crippen molar-refractivity contribution in [2.45, 2.75) is 73.6 Å². The molecular formula is C48H46O2S10. The molecule has 0 bridgehead atoms.